The van der Waals surface area contributed by atoms with Crippen LogP contribution in [-0.4, -0.2) is 56.1 Å². The van der Waals surface area contributed by atoms with E-state index in [4.69, 9.17) is 0 Å². The minimum atomic E-state index is -1.01. The summed E-state index contributed by atoms with van der Waals surface area (Å²) in [5.74, 6) is 2.17. The summed E-state index contributed by atoms with van der Waals surface area (Å²) in [6.07, 6.45) is 7.96. The van der Waals surface area contributed by atoms with Gasteiger partial charge in [0.1, 0.15) is 0 Å². The van der Waals surface area contributed by atoms with E-state index in [-0.39, 0.29) is 41.7 Å². The average Bonchev–Trinajstić information content (AvgIpc) is 3.08. The fourth-order valence-electron chi connectivity index (χ4n) is 9.22. The Morgan fingerprint density at radius 3 is 2.41 bits per heavy atom. The molecule has 0 aromatic carbocycles. The highest BCUT2D eigenvalue weighted by molar-refractivity contribution is 5.14. The summed E-state index contributed by atoms with van der Waals surface area (Å²) >= 11 is 0. The maximum atomic E-state index is 11.6. The Labute approximate surface area is 194 Å². The van der Waals surface area contributed by atoms with Crippen LogP contribution in [0, 0.1) is 46.3 Å². The van der Waals surface area contributed by atoms with Crippen molar-refractivity contribution in [1.82, 2.24) is 0 Å². The highest BCUT2D eigenvalue weighted by Crippen LogP contribution is 2.68. The van der Waals surface area contributed by atoms with Crippen LogP contribution >= 0.6 is 0 Å². The maximum Gasteiger partial charge on any atom is 0.0849 e. The summed E-state index contributed by atoms with van der Waals surface area (Å²) in [5.41, 5.74) is -1.06. The van der Waals surface area contributed by atoms with E-state index in [0.29, 0.717) is 36.0 Å². The van der Waals surface area contributed by atoms with Crippen LogP contribution in [0.5, 0.6) is 0 Å². The van der Waals surface area contributed by atoms with Crippen molar-refractivity contribution < 1.29 is 25.5 Å². The van der Waals surface area contributed by atoms with Crippen LogP contribution in [0.2, 0.25) is 0 Å². The minimum Gasteiger partial charge on any atom is -0.393 e. The third kappa shape index (κ3) is 3.98. The normalized spacial score (nSPS) is 51.3. The fraction of sp³-hybridized carbons (Fsp3) is 1.00. The molecule has 0 aromatic heterocycles. The van der Waals surface area contributed by atoms with E-state index in [1.54, 1.807) is 6.92 Å². The Morgan fingerprint density at radius 1 is 1.00 bits per heavy atom. The number of rotatable bonds is 6. The first-order valence-corrected chi connectivity index (χ1v) is 13.3. The van der Waals surface area contributed by atoms with Crippen LogP contribution in [0.15, 0.2) is 0 Å². The molecular formula is C27H48O5. The molecule has 0 amide bonds. The molecule has 0 radical (unpaired) electrons. The predicted octanol–water partition coefficient (Wildman–Crippen LogP) is 3.50. The van der Waals surface area contributed by atoms with Gasteiger partial charge in [0, 0.05) is 0 Å². The summed E-state index contributed by atoms with van der Waals surface area (Å²) in [7, 11) is 0. The summed E-state index contributed by atoms with van der Waals surface area (Å²) in [5, 5.41) is 52.7. The van der Waals surface area contributed by atoms with Gasteiger partial charge >= 0.3 is 0 Å². The summed E-state index contributed by atoms with van der Waals surface area (Å²) in [6.45, 7) is 8.45. The van der Waals surface area contributed by atoms with Crippen LogP contribution in [0.25, 0.3) is 0 Å². The predicted molar refractivity (Wildman–Crippen MR) is 125 cm³/mol. The average molecular weight is 453 g/mol. The molecule has 32 heavy (non-hydrogen) atoms. The van der Waals surface area contributed by atoms with Gasteiger partial charge in [-0.1, -0.05) is 33.6 Å². The smallest absolute Gasteiger partial charge is 0.0849 e. The number of hydrogen-bond acceptors (Lipinski definition) is 5. The highest BCUT2D eigenvalue weighted by atomic mass is 16.3. The van der Waals surface area contributed by atoms with Crippen LogP contribution in [-0.2, 0) is 0 Å². The molecule has 4 saturated carbocycles. The minimum absolute atomic E-state index is 0.116. The van der Waals surface area contributed by atoms with Gasteiger partial charge in [0.25, 0.3) is 0 Å². The summed E-state index contributed by atoms with van der Waals surface area (Å²) < 4.78 is 0. The van der Waals surface area contributed by atoms with Crippen molar-refractivity contribution >= 4 is 0 Å². The van der Waals surface area contributed by atoms with Crippen LogP contribution in [0.3, 0.4) is 0 Å². The number of fused-ring (bicyclic) bond motifs is 5. The van der Waals surface area contributed by atoms with E-state index in [9.17, 15) is 25.5 Å². The second-order valence-electron chi connectivity index (χ2n) is 13.1. The molecule has 0 unspecified atom stereocenters. The van der Waals surface area contributed by atoms with E-state index in [2.05, 4.69) is 20.8 Å². The quantitative estimate of drug-likeness (QED) is 0.425. The zero-order chi connectivity index (χ0) is 23.5. The summed E-state index contributed by atoms with van der Waals surface area (Å²) in [4.78, 5) is 0. The van der Waals surface area contributed by atoms with E-state index in [1.807, 2.05) is 0 Å². The molecule has 5 N–H and O–H groups in total. The number of aliphatic hydroxyl groups is 5. The lowest BCUT2D eigenvalue weighted by Crippen LogP contribution is -2.62. The van der Waals surface area contributed by atoms with E-state index in [1.165, 1.54) is 0 Å². The Balaban J connectivity index is 1.51. The van der Waals surface area contributed by atoms with E-state index < -0.39 is 5.60 Å². The highest BCUT2D eigenvalue weighted by Gasteiger charge is 2.65. The van der Waals surface area contributed by atoms with Gasteiger partial charge in [0.2, 0.25) is 0 Å². The fourth-order valence-corrected chi connectivity index (χ4v) is 9.22. The summed E-state index contributed by atoms with van der Waals surface area (Å²) in [6, 6.07) is 0. The first-order chi connectivity index (χ1) is 14.9. The molecule has 0 bridgehead atoms. The molecule has 12 atom stereocenters. The maximum absolute atomic E-state index is 11.6. The Hall–Kier alpha value is -0.200. The molecule has 0 aliphatic heterocycles. The number of aliphatic hydroxyl groups excluding tert-OH is 4. The first-order valence-electron chi connectivity index (χ1n) is 13.3. The van der Waals surface area contributed by atoms with Gasteiger partial charge in [-0.25, -0.2) is 0 Å². The molecule has 4 aliphatic carbocycles. The lowest BCUT2D eigenvalue weighted by atomic mass is 9.43. The molecular weight excluding hydrogens is 404 g/mol. The zero-order valence-corrected chi connectivity index (χ0v) is 20.7. The molecule has 4 aliphatic rings. The number of hydrogen-bond donors (Lipinski definition) is 5. The van der Waals surface area contributed by atoms with Crippen molar-refractivity contribution in [2.24, 2.45) is 46.3 Å². The van der Waals surface area contributed by atoms with Crippen LogP contribution in [0.1, 0.15) is 91.9 Å². The van der Waals surface area contributed by atoms with Crippen molar-refractivity contribution in [2.75, 3.05) is 6.61 Å². The Kier molecular flexibility index (Phi) is 6.84. The molecule has 0 saturated heterocycles. The molecule has 5 nitrogen and oxygen atoms in total. The third-order valence-electron chi connectivity index (χ3n) is 11.2. The monoisotopic (exact) mass is 452 g/mol. The lowest BCUT2D eigenvalue weighted by molar-refractivity contribution is -0.207. The zero-order valence-electron chi connectivity index (χ0n) is 20.7. The van der Waals surface area contributed by atoms with Gasteiger partial charge in [-0.3, -0.25) is 0 Å². The SMILES string of the molecule is C[C@@H](CCC[C@@](C)(O)CO)[C@H]1CC[C@H]2[C@@H]3[C@H](O)C[C@@H]4C[C@H](O)CC[C@]4(C)[C@H]3C[C@H](O)[C@]12C. The second-order valence-corrected chi connectivity index (χ2v) is 13.1. The van der Waals surface area contributed by atoms with Crippen LogP contribution < -0.4 is 0 Å². The molecule has 0 aromatic rings. The molecule has 4 rings (SSSR count). The third-order valence-corrected chi connectivity index (χ3v) is 11.2. The molecule has 5 heteroatoms. The van der Waals surface area contributed by atoms with E-state index in [0.717, 1.165) is 57.8 Å². The Morgan fingerprint density at radius 2 is 1.72 bits per heavy atom. The molecule has 0 spiro atoms. The standard InChI is InChI=1S/C27H48O5/c1-16(6-5-10-25(2,32)15-28)19-7-8-20-24-21(14-23(31)27(19,20)4)26(3)11-9-18(29)12-17(26)13-22(24)30/h16-24,28-32H,5-15H2,1-4H3/t16-,17-,18+,19+,20-,21-,22+,23-,24-,25+,26-,27+/m0/s1. The van der Waals surface area contributed by atoms with Gasteiger partial charge in [-0.15, -0.1) is 0 Å². The topological polar surface area (TPSA) is 101 Å². The van der Waals surface area contributed by atoms with Crippen molar-refractivity contribution in [3.05, 3.63) is 0 Å². The molecule has 4 fully saturated rings. The van der Waals surface area contributed by atoms with Gasteiger partial charge in [0.15, 0.2) is 0 Å². The second kappa shape index (κ2) is 8.78. The van der Waals surface area contributed by atoms with Crippen molar-refractivity contribution in [3.8, 4) is 0 Å². The van der Waals surface area contributed by atoms with Crippen molar-refractivity contribution in [3.63, 3.8) is 0 Å². The van der Waals surface area contributed by atoms with Gasteiger partial charge in [0.05, 0.1) is 30.5 Å². The van der Waals surface area contributed by atoms with Crippen molar-refractivity contribution in [2.45, 2.75) is 116 Å². The molecule has 0 heterocycles. The van der Waals surface area contributed by atoms with Gasteiger partial charge < -0.3 is 25.5 Å². The first kappa shape index (κ1) is 24.9. The van der Waals surface area contributed by atoms with Gasteiger partial charge in [-0.05, 0) is 105 Å². The largest absolute Gasteiger partial charge is 0.393 e. The van der Waals surface area contributed by atoms with E-state index >= 15 is 0 Å². The van der Waals surface area contributed by atoms with Crippen molar-refractivity contribution in [1.29, 1.82) is 0 Å². The molecule has 186 valence electrons. The lowest BCUT2D eigenvalue weighted by Gasteiger charge is -2.63. The van der Waals surface area contributed by atoms with Crippen LogP contribution in [0.4, 0.5) is 0 Å². The Bertz CT molecular complexity index is 666. The van der Waals surface area contributed by atoms with Gasteiger partial charge in [-0.2, -0.15) is 0 Å².